The molecule has 6 heteroatoms. The topological polar surface area (TPSA) is 51.1 Å². The minimum atomic E-state index is -0.902. The molecule has 2 heterocycles. The zero-order valence-corrected chi connectivity index (χ0v) is 12.9. The van der Waals surface area contributed by atoms with Crippen molar-refractivity contribution in [1.29, 1.82) is 0 Å². The predicted molar refractivity (Wildman–Crippen MR) is 85.4 cm³/mol. The number of ketones is 1. The van der Waals surface area contributed by atoms with E-state index in [0.717, 1.165) is 37.8 Å². The molecule has 1 aliphatic heterocycles. The Hall–Kier alpha value is -2.50. The van der Waals surface area contributed by atoms with E-state index in [1.54, 1.807) is 4.57 Å². The molecule has 1 aliphatic carbocycles. The molecule has 0 saturated heterocycles. The van der Waals surface area contributed by atoms with E-state index in [0.29, 0.717) is 11.9 Å². The third-order valence-corrected chi connectivity index (χ3v) is 4.93. The average Bonchev–Trinajstić information content (AvgIpc) is 2.95. The maximum atomic E-state index is 14.0. The summed E-state index contributed by atoms with van der Waals surface area (Å²) < 4.78 is 28.7. The third-order valence-electron chi connectivity index (χ3n) is 4.93. The summed E-state index contributed by atoms with van der Waals surface area (Å²) in [6.45, 7) is 0. The van der Waals surface area contributed by atoms with Gasteiger partial charge in [0.05, 0.1) is 17.2 Å². The van der Waals surface area contributed by atoms with E-state index < -0.39 is 17.4 Å². The normalized spacial score (nSPS) is 21.8. The van der Waals surface area contributed by atoms with Gasteiger partial charge in [-0.15, -0.1) is 0 Å². The van der Waals surface area contributed by atoms with Gasteiger partial charge in [-0.1, -0.05) is 12.8 Å². The summed E-state index contributed by atoms with van der Waals surface area (Å²) in [5, 5.41) is 3.27. The molecule has 1 aromatic carbocycles. The SMILES string of the molecule is O=C(c1ccc(F)cc1F)c1ccc(=O)n2c1NC1CCCCC12. The Labute approximate surface area is 137 Å². The molecular formula is C18H16F2N2O2. The number of fused-ring (bicyclic) bond motifs is 3. The predicted octanol–water partition coefficient (Wildman–Crippen LogP) is 3.27. The number of nitrogens with one attached hydrogen (secondary N) is 1. The molecular weight excluding hydrogens is 314 g/mol. The Morgan fingerprint density at radius 1 is 1.08 bits per heavy atom. The van der Waals surface area contributed by atoms with Crippen LogP contribution in [0.5, 0.6) is 0 Å². The fourth-order valence-electron chi connectivity index (χ4n) is 3.80. The second-order valence-corrected chi connectivity index (χ2v) is 6.36. The van der Waals surface area contributed by atoms with Crippen LogP contribution in [0.25, 0.3) is 0 Å². The lowest BCUT2D eigenvalue weighted by Crippen LogP contribution is -2.29. The van der Waals surface area contributed by atoms with Crippen LogP contribution < -0.4 is 10.9 Å². The van der Waals surface area contributed by atoms with Crippen molar-refractivity contribution in [3.63, 3.8) is 0 Å². The smallest absolute Gasteiger partial charge is 0.252 e. The van der Waals surface area contributed by atoms with Crippen LogP contribution in [0.2, 0.25) is 0 Å². The molecule has 1 fully saturated rings. The van der Waals surface area contributed by atoms with Gasteiger partial charge >= 0.3 is 0 Å². The summed E-state index contributed by atoms with van der Waals surface area (Å²) in [5.41, 5.74) is -0.118. The molecule has 0 amide bonds. The minimum Gasteiger partial charge on any atom is -0.366 e. The molecule has 1 saturated carbocycles. The van der Waals surface area contributed by atoms with Crippen molar-refractivity contribution in [3.05, 3.63) is 63.4 Å². The van der Waals surface area contributed by atoms with Gasteiger partial charge in [0.25, 0.3) is 5.56 Å². The summed E-state index contributed by atoms with van der Waals surface area (Å²) in [4.78, 5) is 25.0. The van der Waals surface area contributed by atoms with Crippen LogP contribution >= 0.6 is 0 Å². The van der Waals surface area contributed by atoms with Crippen molar-refractivity contribution in [2.45, 2.75) is 37.8 Å². The second-order valence-electron chi connectivity index (χ2n) is 6.36. The van der Waals surface area contributed by atoms with Crippen molar-refractivity contribution in [2.24, 2.45) is 0 Å². The summed E-state index contributed by atoms with van der Waals surface area (Å²) in [7, 11) is 0. The van der Waals surface area contributed by atoms with Gasteiger partial charge in [-0.3, -0.25) is 14.2 Å². The van der Waals surface area contributed by atoms with Gasteiger partial charge in [0.2, 0.25) is 0 Å². The highest BCUT2D eigenvalue weighted by atomic mass is 19.1. The van der Waals surface area contributed by atoms with Crippen molar-refractivity contribution in [3.8, 4) is 0 Å². The first-order valence-electron chi connectivity index (χ1n) is 8.08. The van der Waals surface area contributed by atoms with Gasteiger partial charge < -0.3 is 5.32 Å². The summed E-state index contributed by atoms with van der Waals surface area (Å²) in [6.07, 6.45) is 3.93. The number of carbonyl (C=O) groups is 1. The van der Waals surface area contributed by atoms with E-state index >= 15 is 0 Å². The Kier molecular flexibility index (Phi) is 3.48. The molecule has 124 valence electrons. The molecule has 0 radical (unpaired) electrons. The standard InChI is InChI=1S/C18H16F2N2O2/c19-10-5-6-11(13(20)9-10)17(24)12-7-8-16(23)22-15-4-2-1-3-14(15)21-18(12)22/h5-9,14-15,21H,1-4H2. The van der Waals surface area contributed by atoms with Gasteiger partial charge in [0.1, 0.15) is 17.5 Å². The Morgan fingerprint density at radius 3 is 2.62 bits per heavy atom. The lowest BCUT2D eigenvalue weighted by Gasteiger charge is -2.25. The highest BCUT2D eigenvalue weighted by Gasteiger charge is 2.36. The molecule has 0 bridgehead atoms. The van der Waals surface area contributed by atoms with Crippen molar-refractivity contribution < 1.29 is 13.6 Å². The van der Waals surface area contributed by atoms with Gasteiger partial charge in [-0.05, 0) is 31.0 Å². The Bertz CT molecular complexity index is 891. The van der Waals surface area contributed by atoms with E-state index in [9.17, 15) is 18.4 Å². The van der Waals surface area contributed by atoms with Crippen LogP contribution in [0, 0.1) is 11.6 Å². The summed E-state index contributed by atoms with van der Waals surface area (Å²) in [6, 6.07) is 5.80. The number of aromatic nitrogens is 1. The maximum absolute atomic E-state index is 14.0. The number of pyridine rings is 1. The summed E-state index contributed by atoms with van der Waals surface area (Å²) >= 11 is 0. The number of hydrogen-bond donors (Lipinski definition) is 1. The quantitative estimate of drug-likeness (QED) is 0.860. The fraction of sp³-hybridized carbons (Fsp3) is 0.333. The molecule has 2 aliphatic rings. The number of benzene rings is 1. The number of halogens is 2. The lowest BCUT2D eigenvalue weighted by atomic mass is 9.91. The van der Waals surface area contributed by atoms with Crippen LogP contribution in [-0.2, 0) is 0 Å². The Morgan fingerprint density at radius 2 is 1.83 bits per heavy atom. The van der Waals surface area contributed by atoms with Gasteiger partial charge in [-0.2, -0.15) is 0 Å². The van der Waals surface area contributed by atoms with E-state index in [2.05, 4.69) is 5.32 Å². The molecule has 2 unspecified atom stereocenters. The third kappa shape index (κ3) is 2.25. The number of nitrogens with zero attached hydrogens (tertiary/aromatic N) is 1. The molecule has 4 rings (SSSR count). The average molecular weight is 330 g/mol. The number of anilines is 1. The molecule has 1 aromatic heterocycles. The van der Waals surface area contributed by atoms with Gasteiger partial charge in [0.15, 0.2) is 5.78 Å². The molecule has 2 aromatic rings. The monoisotopic (exact) mass is 330 g/mol. The number of hydrogen-bond acceptors (Lipinski definition) is 3. The first-order valence-corrected chi connectivity index (χ1v) is 8.08. The first kappa shape index (κ1) is 15.1. The second kappa shape index (κ2) is 5.54. The lowest BCUT2D eigenvalue weighted by molar-refractivity contribution is 0.103. The zero-order chi connectivity index (χ0) is 16.8. The van der Waals surface area contributed by atoms with Crippen LogP contribution in [0.3, 0.4) is 0 Å². The number of carbonyl (C=O) groups excluding carboxylic acids is 1. The van der Waals surface area contributed by atoms with E-state index in [-0.39, 0.29) is 28.8 Å². The van der Waals surface area contributed by atoms with Crippen molar-refractivity contribution in [2.75, 3.05) is 5.32 Å². The molecule has 24 heavy (non-hydrogen) atoms. The fourth-order valence-corrected chi connectivity index (χ4v) is 3.80. The van der Waals surface area contributed by atoms with Gasteiger partial charge in [0, 0.05) is 18.2 Å². The zero-order valence-electron chi connectivity index (χ0n) is 12.9. The van der Waals surface area contributed by atoms with E-state index in [4.69, 9.17) is 0 Å². The van der Waals surface area contributed by atoms with Crippen LogP contribution in [0.1, 0.15) is 47.6 Å². The van der Waals surface area contributed by atoms with E-state index in [1.807, 2.05) is 0 Å². The molecule has 0 spiro atoms. The molecule has 4 nitrogen and oxygen atoms in total. The van der Waals surface area contributed by atoms with Crippen LogP contribution in [-0.4, -0.2) is 16.4 Å². The maximum Gasteiger partial charge on any atom is 0.252 e. The van der Waals surface area contributed by atoms with Gasteiger partial charge in [-0.25, -0.2) is 8.78 Å². The highest BCUT2D eigenvalue weighted by molar-refractivity contribution is 6.12. The first-order chi connectivity index (χ1) is 11.6. The molecule has 1 N–H and O–H groups in total. The highest BCUT2D eigenvalue weighted by Crippen LogP contribution is 2.38. The molecule has 2 atom stereocenters. The van der Waals surface area contributed by atoms with E-state index in [1.165, 1.54) is 12.1 Å². The summed E-state index contributed by atoms with van der Waals surface area (Å²) in [5.74, 6) is -1.74. The number of rotatable bonds is 2. The van der Waals surface area contributed by atoms with Crippen LogP contribution in [0.4, 0.5) is 14.6 Å². The van der Waals surface area contributed by atoms with Crippen LogP contribution in [0.15, 0.2) is 35.1 Å². The largest absolute Gasteiger partial charge is 0.366 e. The van der Waals surface area contributed by atoms with Crippen molar-refractivity contribution in [1.82, 2.24) is 4.57 Å². The Balaban J connectivity index is 1.82. The van der Waals surface area contributed by atoms with Crippen molar-refractivity contribution >= 4 is 11.6 Å². The minimum absolute atomic E-state index is 0.0343.